The predicted molar refractivity (Wildman–Crippen MR) is 82.2 cm³/mol. The fourth-order valence-electron chi connectivity index (χ4n) is 1.62. The van der Waals surface area contributed by atoms with Gasteiger partial charge in [0.05, 0.1) is 22.2 Å². The summed E-state index contributed by atoms with van der Waals surface area (Å²) in [4.78, 5) is 12.2. The van der Waals surface area contributed by atoms with Gasteiger partial charge in [-0.05, 0) is 42.5 Å². The Morgan fingerprint density at radius 3 is 2.52 bits per heavy atom. The first-order chi connectivity index (χ1) is 9.95. The lowest BCUT2D eigenvalue weighted by molar-refractivity contribution is -0.113. The maximum Gasteiger partial charge on any atom is 0.237 e. The molecule has 0 aliphatic heterocycles. The summed E-state index contributed by atoms with van der Waals surface area (Å²) in [5, 5.41) is 3.02. The average molecular weight is 327 g/mol. The van der Waals surface area contributed by atoms with Crippen LogP contribution >= 0.6 is 11.6 Å². The Hall–Kier alpha value is -1.92. The van der Waals surface area contributed by atoms with Gasteiger partial charge in [-0.15, -0.1) is 0 Å². The molecule has 0 bridgehead atoms. The van der Waals surface area contributed by atoms with Crippen LogP contribution in [0.2, 0.25) is 5.02 Å². The fourth-order valence-corrected chi connectivity index (χ4v) is 2.72. The van der Waals surface area contributed by atoms with Crippen LogP contribution in [0, 0.1) is 5.82 Å². The third-order valence-electron chi connectivity index (χ3n) is 2.63. The topological polar surface area (TPSA) is 72.2 Å². The second kappa shape index (κ2) is 6.69. The molecular formula is C14H12ClFN2O2S. The van der Waals surface area contributed by atoms with Crippen molar-refractivity contribution in [1.29, 1.82) is 0 Å². The van der Waals surface area contributed by atoms with Gasteiger partial charge in [-0.25, -0.2) is 4.39 Å². The summed E-state index contributed by atoms with van der Waals surface area (Å²) >= 11 is 5.76. The van der Waals surface area contributed by atoms with Crippen molar-refractivity contribution in [2.45, 2.75) is 4.90 Å². The van der Waals surface area contributed by atoms with Crippen molar-refractivity contribution in [2.24, 2.45) is 0 Å². The summed E-state index contributed by atoms with van der Waals surface area (Å²) in [5.41, 5.74) is 6.44. The van der Waals surface area contributed by atoms with Gasteiger partial charge < -0.3 is 11.1 Å². The summed E-state index contributed by atoms with van der Waals surface area (Å²) in [7, 11) is -1.55. The number of rotatable bonds is 4. The van der Waals surface area contributed by atoms with Crippen LogP contribution in [0.1, 0.15) is 0 Å². The van der Waals surface area contributed by atoms with Gasteiger partial charge >= 0.3 is 0 Å². The number of nitrogens with two attached hydrogens (primary N) is 1. The molecule has 21 heavy (non-hydrogen) atoms. The van der Waals surface area contributed by atoms with E-state index in [9.17, 15) is 13.4 Å². The van der Waals surface area contributed by atoms with E-state index in [1.807, 2.05) is 0 Å². The SMILES string of the molecule is Nc1cc(Cl)ccc1NC(=O)CS(=O)c1ccc(F)cc1. The Morgan fingerprint density at radius 2 is 1.90 bits per heavy atom. The molecule has 0 fully saturated rings. The number of nitrogen functional groups attached to an aromatic ring is 1. The van der Waals surface area contributed by atoms with Crippen molar-refractivity contribution in [3.05, 3.63) is 53.3 Å². The molecule has 0 radical (unpaired) electrons. The molecule has 110 valence electrons. The molecule has 2 aromatic rings. The normalized spacial score (nSPS) is 11.9. The van der Waals surface area contributed by atoms with Crippen LogP contribution in [-0.2, 0) is 15.6 Å². The zero-order chi connectivity index (χ0) is 15.4. The molecule has 0 aromatic heterocycles. The van der Waals surface area contributed by atoms with Crippen LogP contribution in [0.5, 0.6) is 0 Å². The van der Waals surface area contributed by atoms with Gasteiger partial charge in [0.15, 0.2) is 0 Å². The molecule has 0 aliphatic rings. The summed E-state index contributed by atoms with van der Waals surface area (Å²) in [6, 6.07) is 9.82. The molecule has 7 heteroatoms. The standard InChI is InChI=1S/C14H12ClFN2O2S/c15-9-1-6-13(12(17)7-9)18-14(19)8-21(20)11-4-2-10(16)3-5-11/h1-7H,8,17H2,(H,18,19). The zero-order valence-electron chi connectivity index (χ0n) is 10.8. The number of anilines is 2. The monoisotopic (exact) mass is 326 g/mol. The van der Waals surface area contributed by atoms with Gasteiger partial charge in [0.1, 0.15) is 11.6 Å². The maximum atomic E-state index is 12.8. The molecule has 0 spiro atoms. The Bertz CT molecular complexity index is 692. The lowest BCUT2D eigenvalue weighted by atomic mass is 10.2. The van der Waals surface area contributed by atoms with E-state index >= 15 is 0 Å². The van der Waals surface area contributed by atoms with E-state index in [1.165, 1.54) is 30.3 Å². The van der Waals surface area contributed by atoms with Crippen molar-refractivity contribution in [1.82, 2.24) is 0 Å². The maximum absolute atomic E-state index is 12.8. The Labute approximate surface area is 128 Å². The number of hydrogen-bond acceptors (Lipinski definition) is 3. The van der Waals surface area contributed by atoms with Crippen LogP contribution in [0.4, 0.5) is 15.8 Å². The minimum Gasteiger partial charge on any atom is -0.397 e. The molecule has 0 heterocycles. The van der Waals surface area contributed by atoms with Crippen LogP contribution in [0.15, 0.2) is 47.4 Å². The number of benzene rings is 2. The molecule has 0 aliphatic carbocycles. The van der Waals surface area contributed by atoms with Gasteiger partial charge in [-0.1, -0.05) is 11.6 Å². The Kier molecular flexibility index (Phi) is 4.93. The first kappa shape index (κ1) is 15.5. The van der Waals surface area contributed by atoms with Crippen molar-refractivity contribution in [3.8, 4) is 0 Å². The summed E-state index contributed by atoms with van der Waals surface area (Å²) < 4.78 is 24.7. The van der Waals surface area contributed by atoms with Crippen molar-refractivity contribution >= 4 is 39.7 Å². The number of amides is 1. The van der Waals surface area contributed by atoms with Gasteiger partial charge in [0.25, 0.3) is 0 Å². The van der Waals surface area contributed by atoms with E-state index in [0.717, 1.165) is 0 Å². The van der Waals surface area contributed by atoms with Gasteiger partial charge in [0.2, 0.25) is 5.91 Å². The lowest BCUT2D eigenvalue weighted by Crippen LogP contribution is -2.20. The highest BCUT2D eigenvalue weighted by atomic mass is 35.5. The van der Waals surface area contributed by atoms with Crippen LogP contribution in [0.3, 0.4) is 0 Å². The highest BCUT2D eigenvalue weighted by molar-refractivity contribution is 7.85. The smallest absolute Gasteiger partial charge is 0.237 e. The minimum absolute atomic E-state index is 0.242. The summed E-state index contributed by atoms with van der Waals surface area (Å²) in [5.74, 6) is -1.12. The average Bonchev–Trinajstić information content (AvgIpc) is 2.42. The highest BCUT2D eigenvalue weighted by Gasteiger charge is 2.12. The van der Waals surface area contributed by atoms with E-state index in [2.05, 4.69) is 5.32 Å². The van der Waals surface area contributed by atoms with Crippen molar-refractivity contribution in [3.63, 3.8) is 0 Å². The molecule has 4 nitrogen and oxygen atoms in total. The van der Waals surface area contributed by atoms with Crippen LogP contribution in [0.25, 0.3) is 0 Å². The molecule has 3 N–H and O–H groups in total. The molecule has 1 unspecified atom stereocenters. The largest absolute Gasteiger partial charge is 0.397 e. The molecule has 1 amide bonds. The van der Waals surface area contributed by atoms with E-state index in [1.54, 1.807) is 12.1 Å². The number of carbonyl (C=O) groups is 1. The van der Waals surface area contributed by atoms with Gasteiger partial charge in [-0.2, -0.15) is 0 Å². The van der Waals surface area contributed by atoms with E-state index in [4.69, 9.17) is 17.3 Å². The van der Waals surface area contributed by atoms with Crippen molar-refractivity contribution < 1.29 is 13.4 Å². The molecular weight excluding hydrogens is 315 g/mol. The second-order valence-electron chi connectivity index (χ2n) is 4.22. The minimum atomic E-state index is -1.55. The van der Waals surface area contributed by atoms with E-state index in [-0.39, 0.29) is 5.75 Å². The first-order valence-corrected chi connectivity index (χ1v) is 7.64. The Balaban J connectivity index is 2.01. The molecule has 2 rings (SSSR count). The molecule has 0 saturated heterocycles. The quantitative estimate of drug-likeness (QED) is 0.849. The number of hydrogen-bond donors (Lipinski definition) is 2. The first-order valence-electron chi connectivity index (χ1n) is 5.94. The molecule has 2 aromatic carbocycles. The van der Waals surface area contributed by atoms with Gasteiger partial charge in [0, 0.05) is 9.92 Å². The van der Waals surface area contributed by atoms with Crippen molar-refractivity contribution in [2.75, 3.05) is 16.8 Å². The Morgan fingerprint density at radius 1 is 1.24 bits per heavy atom. The number of nitrogens with one attached hydrogen (secondary N) is 1. The zero-order valence-corrected chi connectivity index (χ0v) is 12.4. The number of halogens is 2. The summed E-state index contributed by atoms with van der Waals surface area (Å²) in [6.07, 6.45) is 0. The van der Waals surface area contributed by atoms with Crippen LogP contribution < -0.4 is 11.1 Å². The third-order valence-corrected chi connectivity index (χ3v) is 4.18. The molecule has 1 atom stereocenters. The van der Waals surface area contributed by atoms with E-state index < -0.39 is 22.5 Å². The second-order valence-corrected chi connectivity index (χ2v) is 6.11. The third kappa shape index (κ3) is 4.27. The van der Waals surface area contributed by atoms with E-state index in [0.29, 0.717) is 21.3 Å². The van der Waals surface area contributed by atoms with Gasteiger partial charge in [-0.3, -0.25) is 9.00 Å². The number of carbonyl (C=O) groups excluding carboxylic acids is 1. The fraction of sp³-hybridized carbons (Fsp3) is 0.0714. The van der Waals surface area contributed by atoms with Crippen LogP contribution in [-0.4, -0.2) is 15.9 Å². The summed E-state index contributed by atoms with van der Waals surface area (Å²) in [6.45, 7) is 0. The predicted octanol–water partition coefficient (Wildman–Crippen LogP) is 2.81. The lowest BCUT2D eigenvalue weighted by Gasteiger charge is -2.08. The highest BCUT2D eigenvalue weighted by Crippen LogP contribution is 2.22. The molecule has 0 saturated carbocycles.